The summed E-state index contributed by atoms with van der Waals surface area (Å²) in [4.78, 5) is 26.4. The van der Waals surface area contributed by atoms with Gasteiger partial charge in [0.15, 0.2) is 5.13 Å². The predicted octanol–water partition coefficient (Wildman–Crippen LogP) is 2.76. The molecule has 0 saturated carbocycles. The number of pyridine rings is 1. The number of aromatic nitrogens is 2. The van der Waals surface area contributed by atoms with Crippen LogP contribution in [-0.2, 0) is 6.42 Å². The van der Waals surface area contributed by atoms with Crippen molar-refractivity contribution in [2.24, 2.45) is 0 Å². The zero-order valence-electron chi connectivity index (χ0n) is 13.5. The van der Waals surface area contributed by atoms with Crippen LogP contribution in [0.5, 0.6) is 0 Å². The van der Waals surface area contributed by atoms with Gasteiger partial charge in [0, 0.05) is 37.3 Å². The Labute approximate surface area is 140 Å². The molecule has 2 amide bonds. The zero-order valence-corrected chi connectivity index (χ0v) is 14.3. The van der Waals surface area contributed by atoms with E-state index in [4.69, 9.17) is 0 Å². The first-order valence-electron chi connectivity index (χ1n) is 7.85. The molecular weight excluding hydrogens is 310 g/mol. The molecule has 1 aliphatic heterocycles. The van der Waals surface area contributed by atoms with Crippen LogP contribution < -0.4 is 10.2 Å². The fourth-order valence-corrected chi connectivity index (χ4v) is 3.55. The number of hydrogen-bond donors (Lipinski definition) is 1. The topological polar surface area (TPSA) is 61.4 Å². The van der Waals surface area contributed by atoms with Crippen molar-refractivity contribution in [2.75, 3.05) is 36.4 Å². The summed E-state index contributed by atoms with van der Waals surface area (Å²) in [7, 11) is 0. The molecule has 0 unspecified atom stereocenters. The van der Waals surface area contributed by atoms with Crippen LogP contribution >= 0.6 is 11.3 Å². The third-order valence-corrected chi connectivity index (χ3v) is 4.91. The molecule has 1 aliphatic rings. The number of amides is 2. The highest BCUT2D eigenvalue weighted by molar-refractivity contribution is 7.15. The van der Waals surface area contributed by atoms with Gasteiger partial charge in [0.1, 0.15) is 5.82 Å². The second-order valence-electron chi connectivity index (χ2n) is 5.47. The number of carbonyl (C=O) groups excluding carboxylic acids is 1. The highest BCUT2D eigenvalue weighted by atomic mass is 32.1. The molecule has 1 fully saturated rings. The minimum atomic E-state index is -0.0675. The molecular formula is C16H21N5OS. The smallest absolute Gasteiger partial charge is 0.323 e. The van der Waals surface area contributed by atoms with Crippen molar-refractivity contribution < 1.29 is 4.79 Å². The number of anilines is 2. The van der Waals surface area contributed by atoms with Gasteiger partial charge in [0.05, 0.1) is 5.69 Å². The Kier molecular flexibility index (Phi) is 4.76. The molecule has 0 bridgehead atoms. The maximum absolute atomic E-state index is 12.4. The van der Waals surface area contributed by atoms with Crippen LogP contribution in [0.2, 0.25) is 0 Å². The molecule has 0 spiro atoms. The Bertz CT molecular complexity index is 664. The molecule has 0 aliphatic carbocycles. The van der Waals surface area contributed by atoms with Crippen molar-refractivity contribution in [1.29, 1.82) is 0 Å². The SMILES string of the molecule is CCc1nc(NC(=O)N2CCN(c3ccccn3)CC2)sc1C. The van der Waals surface area contributed by atoms with E-state index in [2.05, 4.69) is 27.1 Å². The minimum Gasteiger partial charge on any atom is -0.353 e. The maximum atomic E-state index is 12.4. The first-order valence-corrected chi connectivity index (χ1v) is 8.67. The van der Waals surface area contributed by atoms with Gasteiger partial charge in [-0.15, -0.1) is 11.3 Å². The fraction of sp³-hybridized carbons (Fsp3) is 0.438. The number of carbonyl (C=O) groups is 1. The Hall–Kier alpha value is -2.15. The Balaban J connectivity index is 1.55. The third-order valence-electron chi connectivity index (χ3n) is 3.98. The van der Waals surface area contributed by atoms with Gasteiger partial charge < -0.3 is 9.80 Å². The predicted molar refractivity (Wildman–Crippen MR) is 93.3 cm³/mol. The van der Waals surface area contributed by atoms with Crippen LogP contribution in [0.4, 0.5) is 15.7 Å². The van der Waals surface area contributed by atoms with Crippen LogP contribution in [-0.4, -0.2) is 47.1 Å². The number of hydrogen-bond acceptors (Lipinski definition) is 5. The molecule has 2 aromatic heterocycles. The summed E-state index contributed by atoms with van der Waals surface area (Å²) in [6.45, 7) is 7.08. The van der Waals surface area contributed by atoms with Gasteiger partial charge in [-0.25, -0.2) is 14.8 Å². The molecule has 2 aromatic rings. The second kappa shape index (κ2) is 6.95. The van der Waals surface area contributed by atoms with E-state index in [1.807, 2.05) is 30.0 Å². The summed E-state index contributed by atoms with van der Waals surface area (Å²) in [6, 6.07) is 5.83. The summed E-state index contributed by atoms with van der Waals surface area (Å²) >= 11 is 1.54. The van der Waals surface area contributed by atoms with Crippen LogP contribution in [0, 0.1) is 6.92 Å². The Morgan fingerprint density at radius 1 is 1.30 bits per heavy atom. The zero-order chi connectivity index (χ0) is 16.2. The summed E-state index contributed by atoms with van der Waals surface area (Å²) < 4.78 is 0. The summed E-state index contributed by atoms with van der Waals surface area (Å²) in [5.74, 6) is 0.968. The summed E-state index contributed by atoms with van der Waals surface area (Å²) in [5, 5.41) is 3.61. The van der Waals surface area contributed by atoms with Crippen LogP contribution in [0.25, 0.3) is 0 Å². The van der Waals surface area contributed by atoms with Gasteiger partial charge in [-0.05, 0) is 25.5 Å². The molecule has 3 heterocycles. The van der Waals surface area contributed by atoms with Crippen molar-refractivity contribution in [1.82, 2.24) is 14.9 Å². The molecule has 7 heteroatoms. The first-order chi connectivity index (χ1) is 11.2. The van der Waals surface area contributed by atoms with Gasteiger partial charge in [0.25, 0.3) is 0 Å². The van der Waals surface area contributed by atoms with E-state index >= 15 is 0 Å². The van der Waals surface area contributed by atoms with E-state index < -0.39 is 0 Å². The lowest BCUT2D eigenvalue weighted by Crippen LogP contribution is -2.50. The average molecular weight is 331 g/mol. The molecule has 3 rings (SSSR count). The Morgan fingerprint density at radius 2 is 2.09 bits per heavy atom. The highest BCUT2D eigenvalue weighted by Gasteiger charge is 2.22. The molecule has 0 radical (unpaired) electrons. The summed E-state index contributed by atoms with van der Waals surface area (Å²) in [5.41, 5.74) is 1.06. The monoisotopic (exact) mass is 331 g/mol. The van der Waals surface area contributed by atoms with Gasteiger partial charge in [-0.2, -0.15) is 0 Å². The highest BCUT2D eigenvalue weighted by Crippen LogP contribution is 2.23. The molecule has 6 nitrogen and oxygen atoms in total. The lowest BCUT2D eigenvalue weighted by Gasteiger charge is -2.35. The molecule has 0 atom stereocenters. The standard InChI is InChI=1S/C16H21N5OS/c1-3-13-12(2)23-15(18-13)19-16(22)21-10-8-20(9-11-21)14-6-4-5-7-17-14/h4-7H,3,8-11H2,1-2H3,(H,18,19,22). The van der Waals surface area contributed by atoms with Crippen molar-refractivity contribution in [3.05, 3.63) is 35.0 Å². The van der Waals surface area contributed by atoms with E-state index in [9.17, 15) is 4.79 Å². The van der Waals surface area contributed by atoms with Crippen LogP contribution in [0.3, 0.4) is 0 Å². The lowest BCUT2D eigenvalue weighted by atomic mass is 10.3. The molecule has 23 heavy (non-hydrogen) atoms. The summed E-state index contributed by atoms with van der Waals surface area (Å²) in [6.07, 6.45) is 2.69. The van der Waals surface area contributed by atoms with Gasteiger partial charge in [0.2, 0.25) is 0 Å². The van der Waals surface area contributed by atoms with E-state index in [0.717, 1.165) is 31.0 Å². The van der Waals surface area contributed by atoms with Gasteiger partial charge in [-0.1, -0.05) is 13.0 Å². The van der Waals surface area contributed by atoms with Crippen molar-refractivity contribution >= 4 is 28.3 Å². The van der Waals surface area contributed by atoms with Crippen LogP contribution in [0.15, 0.2) is 24.4 Å². The van der Waals surface area contributed by atoms with Gasteiger partial charge >= 0.3 is 6.03 Å². The van der Waals surface area contributed by atoms with Crippen LogP contribution in [0.1, 0.15) is 17.5 Å². The number of rotatable bonds is 3. The quantitative estimate of drug-likeness (QED) is 0.939. The van der Waals surface area contributed by atoms with E-state index in [-0.39, 0.29) is 6.03 Å². The fourth-order valence-electron chi connectivity index (χ4n) is 2.66. The molecule has 122 valence electrons. The van der Waals surface area contributed by atoms with Gasteiger partial charge in [-0.3, -0.25) is 5.32 Å². The molecule has 1 saturated heterocycles. The lowest BCUT2D eigenvalue weighted by molar-refractivity contribution is 0.208. The number of nitrogens with one attached hydrogen (secondary N) is 1. The van der Waals surface area contributed by atoms with E-state index in [0.29, 0.717) is 18.2 Å². The number of thiazole rings is 1. The maximum Gasteiger partial charge on any atom is 0.323 e. The number of urea groups is 1. The minimum absolute atomic E-state index is 0.0675. The average Bonchev–Trinajstić information content (AvgIpc) is 2.95. The van der Waals surface area contributed by atoms with Crippen molar-refractivity contribution in [3.63, 3.8) is 0 Å². The first kappa shape index (κ1) is 15.7. The largest absolute Gasteiger partial charge is 0.353 e. The number of piperazine rings is 1. The molecule has 1 N–H and O–H groups in total. The van der Waals surface area contributed by atoms with Crippen molar-refractivity contribution in [2.45, 2.75) is 20.3 Å². The third kappa shape index (κ3) is 3.61. The molecule has 0 aromatic carbocycles. The number of nitrogens with zero attached hydrogens (tertiary/aromatic N) is 4. The Morgan fingerprint density at radius 3 is 2.70 bits per heavy atom. The van der Waals surface area contributed by atoms with Crippen molar-refractivity contribution in [3.8, 4) is 0 Å². The second-order valence-corrected chi connectivity index (χ2v) is 6.67. The van der Waals surface area contributed by atoms with E-state index in [1.54, 1.807) is 6.20 Å². The number of aryl methyl sites for hydroxylation is 2. The van der Waals surface area contributed by atoms with E-state index in [1.165, 1.54) is 16.2 Å². The normalized spacial score (nSPS) is 14.9.